The first-order valence-corrected chi connectivity index (χ1v) is 7.54. The first kappa shape index (κ1) is 15.1. The molecule has 0 spiro atoms. The van der Waals surface area contributed by atoms with Crippen molar-refractivity contribution in [1.29, 1.82) is 0 Å². The number of nitrogens with one attached hydrogen (secondary N) is 1. The van der Waals surface area contributed by atoms with Gasteiger partial charge in [-0.05, 0) is 50.2 Å². The van der Waals surface area contributed by atoms with Gasteiger partial charge in [-0.3, -0.25) is 4.90 Å². The van der Waals surface area contributed by atoms with E-state index in [1.165, 1.54) is 19.4 Å². The number of benzene rings is 1. The summed E-state index contributed by atoms with van der Waals surface area (Å²) >= 11 is 0. The van der Waals surface area contributed by atoms with Gasteiger partial charge in [-0.15, -0.1) is 0 Å². The average molecular weight is 278 g/mol. The van der Waals surface area contributed by atoms with Crippen LogP contribution in [0.2, 0.25) is 0 Å². The predicted molar refractivity (Wildman–Crippen MR) is 81.6 cm³/mol. The van der Waals surface area contributed by atoms with Crippen molar-refractivity contribution < 1.29 is 9.47 Å². The molecule has 4 heteroatoms. The molecule has 1 heterocycles. The van der Waals surface area contributed by atoms with Crippen LogP contribution in [0.5, 0.6) is 11.5 Å². The molecule has 0 radical (unpaired) electrons. The number of methoxy groups -OCH3 is 1. The number of rotatable bonds is 7. The van der Waals surface area contributed by atoms with Gasteiger partial charge in [-0.25, -0.2) is 0 Å². The molecule has 2 rings (SSSR count). The van der Waals surface area contributed by atoms with E-state index in [1.807, 2.05) is 24.3 Å². The summed E-state index contributed by atoms with van der Waals surface area (Å²) in [6, 6.07) is 8.41. The van der Waals surface area contributed by atoms with Crippen molar-refractivity contribution in [3.05, 3.63) is 24.3 Å². The lowest BCUT2D eigenvalue weighted by atomic mass is 10.1. The van der Waals surface area contributed by atoms with Gasteiger partial charge in [-0.1, -0.05) is 6.92 Å². The van der Waals surface area contributed by atoms with Gasteiger partial charge in [0.25, 0.3) is 0 Å². The molecule has 0 saturated carbocycles. The highest BCUT2D eigenvalue weighted by Crippen LogP contribution is 2.17. The topological polar surface area (TPSA) is 33.7 Å². The lowest BCUT2D eigenvalue weighted by Crippen LogP contribution is -2.46. The van der Waals surface area contributed by atoms with E-state index in [9.17, 15) is 0 Å². The van der Waals surface area contributed by atoms with Crippen molar-refractivity contribution in [3.8, 4) is 11.5 Å². The van der Waals surface area contributed by atoms with Crippen molar-refractivity contribution in [1.82, 2.24) is 10.2 Å². The molecule has 1 fully saturated rings. The SMILES string of the molecule is CCNC1CCCN(CCOc2ccc(OC)cc2)C1. The van der Waals surface area contributed by atoms with Crippen molar-refractivity contribution in [2.75, 3.05) is 39.9 Å². The predicted octanol–water partition coefficient (Wildman–Crippen LogP) is 2.15. The van der Waals surface area contributed by atoms with Crippen LogP contribution in [0.3, 0.4) is 0 Å². The Morgan fingerprint density at radius 2 is 2.00 bits per heavy atom. The van der Waals surface area contributed by atoms with Crippen LogP contribution in [0, 0.1) is 0 Å². The quantitative estimate of drug-likeness (QED) is 0.828. The zero-order chi connectivity index (χ0) is 14.2. The lowest BCUT2D eigenvalue weighted by Gasteiger charge is -2.32. The zero-order valence-electron chi connectivity index (χ0n) is 12.6. The molecule has 0 aromatic heterocycles. The molecule has 1 unspecified atom stereocenters. The summed E-state index contributed by atoms with van der Waals surface area (Å²) < 4.78 is 10.9. The molecule has 112 valence electrons. The second-order valence-electron chi connectivity index (χ2n) is 5.22. The van der Waals surface area contributed by atoms with Gasteiger partial charge < -0.3 is 14.8 Å². The summed E-state index contributed by atoms with van der Waals surface area (Å²) in [5.41, 5.74) is 0. The number of hydrogen-bond acceptors (Lipinski definition) is 4. The van der Waals surface area contributed by atoms with Crippen LogP contribution < -0.4 is 14.8 Å². The Labute approximate surface area is 122 Å². The standard InChI is InChI=1S/C16H26N2O2/c1-3-17-14-5-4-10-18(13-14)11-12-20-16-8-6-15(19-2)7-9-16/h6-9,14,17H,3-5,10-13H2,1-2H3. The monoisotopic (exact) mass is 278 g/mol. The van der Waals surface area contributed by atoms with Gasteiger partial charge in [0.05, 0.1) is 7.11 Å². The highest BCUT2D eigenvalue weighted by atomic mass is 16.5. The Balaban J connectivity index is 1.69. The third kappa shape index (κ3) is 4.69. The number of ether oxygens (including phenoxy) is 2. The Morgan fingerprint density at radius 3 is 2.70 bits per heavy atom. The number of piperidine rings is 1. The lowest BCUT2D eigenvalue weighted by molar-refractivity contribution is 0.160. The van der Waals surface area contributed by atoms with E-state index in [-0.39, 0.29) is 0 Å². The molecular formula is C16H26N2O2. The molecule has 1 aliphatic heterocycles. The van der Waals surface area contributed by atoms with Crippen LogP contribution in [-0.4, -0.2) is 50.8 Å². The fourth-order valence-electron chi connectivity index (χ4n) is 2.68. The Hall–Kier alpha value is -1.26. The van der Waals surface area contributed by atoms with Gasteiger partial charge in [0.1, 0.15) is 18.1 Å². The van der Waals surface area contributed by atoms with E-state index in [4.69, 9.17) is 9.47 Å². The van der Waals surface area contributed by atoms with Gasteiger partial charge in [0, 0.05) is 19.1 Å². The Bertz CT molecular complexity index is 379. The molecule has 1 aromatic carbocycles. The molecule has 1 saturated heterocycles. The average Bonchev–Trinajstić information content (AvgIpc) is 2.49. The number of likely N-dealkylation sites (tertiary alicyclic amines) is 1. The molecule has 20 heavy (non-hydrogen) atoms. The second-order valence-corrected chi connectivity index (χ2v) is 5.22. The molecule has 1 N–H and O–H groups in total. The molecule has 0 bridgehead atoms. The Kier molecular flexibility index (Phi) is 6.15. The van der Waals surface area contributed by atoms with Crippen LogP contribution in [0.25, 0.3) is 0 Å². The van der Waals surface area contributed by atoms with Crippen molar-refractivity contribution in [3.63, 3.8) is 0 Å². The van der Waals surface area contributed by atoms with E-state index in [2.05, 4.69) is 17.1 Å². The highest BCUT2D eigenvalue weighted by Gasteiger charge is 2.18. The van der Waals surface area contributed by atoms with Gasteiger partial charge in [0.15, 0.2) is 0 Å². The second kappa shape index (κ2) is 8.12. The van der Waals surface area contributed by atoms with E-state index < -0.39 is 0 Å². The maximum atomic E-state index is 5.79. The summed E-state index contributed by atoms with van der Waals surface area (Å²) in [4.78, 5) is 2.49. The fourth-order valence-corrected chi connectivity index (χ4v) is 2.68. The largest absolute Gasteiger partial charge is 0.497 e. The molecule has 0 amide bonds. The molecule has 0 aliphatic carbocycles. The third-order valence-corrected chi connectivity index (χ3v) is 3.73. The van der Waals surface area contributed by atoms with Crippen molar-refractivity contribution >= 4 is 0 Å². The minimum absolute atomic E-state index is 0.648. The minimum Gasteiger partial charge on any atom is -0.497 e. The summed E-state index contributed by atoms with van der Waals surface area (Å²) in [7, 11) is 1.67. The van der Waals surface area contributed by atoms with Crippen LogP contribution >= 0.6 is 0 Å². The van der Waals surface area contributed by atoms with Gasteiger partial charge >= 0.3 is 0 Å². The van der Waals surface area contributed by atoms with Crippen LogP contribution in [-0.2, 0) is 0 Å². The normalized spacial score (nSPS) is 19.8. The van der Waals surface area contributed by atoms with Crippen molar-refractivity contribution in [2.45, 2.75) is 25.8 Å². The summed E-state index contributed by atoms with van der Waals surface area (Å²) in [5, 5.41) is 3.54. The van der Waals surface area contributed by atoms with Gasteiger partial charge in [0.2, 0.25) is 0 Å². The highest BCUT2D eigenvalue weighted by molar-refractivity contribution is 5.31. The third-order valence-electron chi connectivity index (χ3n) is 3.73. The number of nitrogens with zero attached hydrogens (tertiary/aromatic N) is 1. The molecular weight excluding hydrogens is 252 g/mol. The first-order valence-electron chi connectivity index (χ1n) is 7.54. The zero-order valence-corrected chi connectivity index (χ0v) is 12.6. The van der Waals surface area contributed by atoms with E-state index in [0.29, 0.717) is 6.04 Å². The smallest absolute Gasteiger partial charge is 0.119 e. The number of likely N-dealkylation sites (N-methyl/N-ethyl adjacent to an activating group) is 1. The maximum absolute atomic E-state index is 5.79. The Morgan fingerprint density at radius 1 is 1.25 bits per heavy atom. The summed E-state index contributed by atoms with van der Waals surface area (Å²) in [5.74, 6) is 1.77. The van der Waals surface area contributed by atoms with E-state index in [1.54, 1.807) is 7.11 Å². The van der Waals surface area contributed by atoms with E-state index >= 15 is 0 Å². The number of hydrogen-bond donors (Lipinski definition) is 1. The van der Waals surface area contributed by atoms with Gasteiger partial charge in [-0.2, -0.15) is 0 Å². The summed E-state index contributed by atoms with van der Waals surface area (Å²) in [6.45, 7) is 7.29. The maximum Gasteiger partial charge on any atom is 0.119 e. The molecule has 1 aliphatic rings. The molecule has 1 aromatic rings. The minimum atomic E-state index is 0.648. The first-order chi connectivity index (χ1) is 9.81. The fraction of sp³-hybridized carbons (Fsp3) is 0.625. The molecule has 1 atom stereocenters. The van der Waals surface area contributed by atoms with Crippen molar-refractivity contribution in [2.24, 2.45) is 0 Å². The van der Waals surface area contributed by atoms with Crippen LogP contribution in [0.4, 0.5) is 0 Å². The van der Waals surface area contributed by atoms with E-state index in [0.717, 1.165) is 37.7 Å². The van der Waals surface area contributed by atoms with Crippen LogP contribution in [0.15, 0.2) is 24.3 Å². The molecule has 4 nitrogen and oxygen atoms in total. The van der Waals surface area contributed by atoms with Crippen LogP contribution in [0.1, 0.15) is 19.8 Å². The summed E-state index contributed by atoms with van der Waals surface area (Å²) in [6.07, 6.45) is 2.57.